The summed E-state index contributed by atoms with van der Waals surface area (Å²) >= 11 is 0. The van der Waals surface area contributed by atoms with Crippen LogP contribution < -0.4 is 4.74 Å². The third kappa shape index (κ3) is 1.69. The molecule has 0 atom stereocenters. The minimum Gasteiger partial charge on any atom is -0.449 e. The lowest BCUT2D eigenvalue weighted by molar-refractivity contribution is 0.0788. The molecule has 2 rings (SSSR count). The number of aromatic nitrogens is 2. The van der Waals surface area contributed by atoms with Gasteiger partial charge in [-0.1, -0.05) is 0 Å². The molecule has 0 bridgehead atoms. The van der Waals surface area contributed by atoms with Crippen molar-refractivity contribution in [3.8, 4) is 6.01 Å². The summed E-state index contributed by atoms with van der Waals surface area (Å²) in [5.41, 5.74) is 0.168. The molecule has 1 fully saturated rings. The molecule has 0 aliphatic carbocycles. The van der Waals surface area contributed by atoms with Crippen LogP contribution in [0.4, 0.5) is 5.82 Å². The third-order valence-corrected chi connectivity index (χ3v) is 2.56. The van der Waals surface area contributed by atoms with Crippen LogP contribution >= 0.6 is 0 Å². The molecular weight excluding hydrogens is 210 g/mol. The smallest absolute Gasteiger partial charge is 0.449 e. The number of diazo groups is 1. The van der Waals surface area contributed by atoms with E-state index in [1.807, 2.05) is 0 Å². The van der Waals surface area contributed by atoms with Crippen LogP contribution in [0.2, 0.25) is 0 Å². The van der Waals surface area contributed by atoms with Crippen molar-refractivity contribution in [2.24, 2.45) is 0 Å². The highest BCUT2D eigenvalue weighted by molar-refractivity contribution is 5.97. The number of carbonyl (C=O) groups excluding carboxylic acids is 1. The van der Waals surface area contributed by atoms with Gasteiger partial charge in [-0.25, -0.2) is 0 Å². The summed E-state index contributed by atoms with van der Waals surface area (Å²) in [6.07, 6.45) is 2.01. The van der Waals surface area contributed by atoms with Gasteiger partial charge in [0.25, 0.3) is 5.91 Å². The van der Waals surface area contributed by atoms with E-state index in [9.17, 15) is 4.79 Å². The van der Waals surface area contributed by atoms with Crippen molar-refractivity contribution in [1.82, 2.24) is 14.9 Å². The monoisotopic (exact) mass is 222 g/mol. The van der Waals surface area contributed by atoms with Crippen LogP contribution in [0.15, 0.2) is 0 Å². The molecule has 7 nitrogen and oxygen atoms in total. The van der Waals surface area contributed by atoms with Crippen LogP contribution in [0, 0.1) is 5.39 Å². The molecule has 0 spiro atoms. The zero-order valence-electron chi connectivity index (χ0n) is 8.93. The lowest BCUT2D eigenvalue weighted by Crippen LogP contribution is -2.27. The van der Waals surface area contributed by atoms with Gasteiger partial charge in [0, 0.05) is 23.0 Å². The Hall–Kier alpha value is -2.10. The van der Waals surface area contributed by atoms with Gasteiger partial charge in [-0.3, -0.25) is 9.78 Å². The predicted octanol–water partition coefficient (Wildman–Crippen LogP) is 1.14. The molecule has 1 N–H and O–H groups in total. The fourth-order valence-corrected chi connectivity index (χ4v) is 1.74. The number of rotatable bonds is 2. The Labute approximate surface area is 92.0 Å². The van der Waals surface area contributed by atoms with Crippen LogP contribution in [0.25, 0.3) is 4.98 Å². The minimum atomic E-state index is -0.207. The van der Waals surface area contributed by atoms with E-state index in [0.29, 0.717) is 0 Å². The van der Waals surface area contributed by atoms with Crippen LogP contribution in [0.5, 0.6) is 6.01 Å². The summed E-state index contributed by atoms with van der Waals surface area (Å²) in [4.78, 5) is 23.1. The van der Waals surface area contributed by atoms with Gasteiger partial charge in [0.2, 0.25) is 5.69 Å². The van der Waals surface area contributed by atoms with E-state index in [0.717, 1.165) is 25.9 Å². The van der Waals surface area contributed by atoms with E-state index in [-0.39, 0.29) is 23.4 Å². The molecule has 16 heavy (non-hydrogen) atoms. The summed E-state index contributed by atoms with van der Waals surface area (Å²) in [5.74, 6) is -0.241. The van der Waals surface area contributed by atoms with Crippen molar-refractivity contribution in [3.05, 3.63) is 10.7 Å². The summed E-state index contributed by atoms with van der Waals surface area (Å²) in [5, 5.41) is 8.74. The van der Waals surface area contributed by atoms with E-state index in [4.69, 9.17) is 10.1 Å². The quantitative estimate of drug-likeness (QED) is 0.760. The van der Waals surface area contributed by atoms with Crippen molar-refractivity contribution >= 4 is 11.7 Å². The number of ether oxygens (including phenoxy) is 1. The van der Waals surface area contributed by atoms with E-state index >= 15 is 0 Å². The standard InChI is InChI=1S/C9H11N5O2/c1-16-9-11-6(7(12-9)13-10)8(15)14-4-2-3-5-14/h2-5H2,1H3/p+1. The Kier molecular flexibility index (Phi) is 2.72. The van der Waals surface area contributed by atoms with Gasteiger partial charge in [0.05, 0.1) is 12.5 Å². The average molecular weight is 222 g/mol. The number of nitrogens with one attached hydrogen (secondary N) is 1. The fraction of sp³-hybridized carbons (Fsp3) is 0.556. The fourth-order valence-electron chi connectivity index (χ4n) is 1.74. The maximum Gasteiger partial charge on any atom is 0.499 e. The number of nitrogens with zero attached hydrogens (tertiary/aromatic N) is 4. The second kappa shape index (κ2) is 4.18. The van der Waals surface area contributed by atoms with Crippen molar-refractivity contribution in [1.29, 1.82) is 5.39 Å². The molecule has 1 aromatic heterocycles. The number of likely N-dealkylation sites (tertiary alicyclic amines) is 1. The van der Waals surface area contributed by atoms with Gasteiger partial charge in [-0.2, -0.15) is 0 Å². The maximum absolute atomic E-state index is 12.0. The molecule has 84 valence electrons. The second-order valence-corrected chi connectivity index (χ2v) is 3.54. The van der Waals surface area contributed by atoms with E-state index < -0.39 is 0 Å². The zero-order valence-corrected chi connectivity index (χ0v) is 8.93. The van der Waals surface area contributed by atoms with Gasteiger partial charge in [-0.05, 0) is 12.8 Å². The number of carbonyl (C=O) groups is 1. The number of hydrogen-bond acceptors (Lipinski definition) is 4. The highest BCUT2D eigenvalue weighted by atomic mass is 16.5. The number of aromatic amines is 1. The first-order valence-electron chi connectivity index (χ1n) is 5.04. The summed E-state index contributed by atoms with van der Waals surface area (Å²) in [7, 11) is 1.42. The Morgan fingerprint density at radius 2 is 2.25 bits per heavy atom. The van der Waals surface area contributed by atoms with E-state index in [2.05, 4.69) is 14.9 Å². The molecule has 1 saturated heterocycles. The first-order valence-corrected chi connectivity index (χ1v) is 5.04. The third-order valence-electron chi connectivity index (χ3n) is 2.56. The number of methoxy groups -OCH3 is 1. The topological polar surface area (TPSA) is 86.4 Å². The Bertz CT molecular complexity index is 441. The molecular formula is C9H12N5O2+. The van der Waals surface area contributed by atoms with Gasteiger partial charge in [-0.15, -0.1) is 0 Å². The van der Waals surface area contributed by atoms with Gasteiger partial charge >= 0.3 is 11.8 Å². The molecule has 0 radical (unpaired) electrons. The summed E-state index contributed by atoms with van der Waals surface area (Å²) in [6.45, 7) is 1.45. The van der Waals surface area contributed by atoms with E-state index in [1.165, 1.54) is 7.11 Å². The van der Waals surface area contributed by atoms with Crippen LogP contribution in [0.1, 0.15) is 23.3 Å². The molecule has 0 aromatic carbocycles. The zero-order chi connectivity index (χ0) is 11.5. The number of imidazole rings is 1. The summed E-state index contributed by atoms with van der Waals surface area (Å²) in [6, 6.07) is 0.162. The molecule has 1 aliphatic heterocycles. The summed E-state index contributed by atoms with van der Waals surface area (Å²) < 4.78 is 4.84. The highest BCUT2D eigenvalue weighted by Gasteiger charge is 2.32. The molecule has 1 amide bonds. The number of amides is 1. The normalized spacial score (nSPS) is 14.9. The van der Waals surface area contributed by atoms with Gasteiger partial charge < -0.3 is 9.64 Å². The first kappa shape index (κ1) is 10.4. The van der Waals surface area contributed by atoms with Crippen LogP contribution in [0.3, 0.4) is 0 Å². The molecule has 1 aliphatic rings. The molecule has 7 heteroatoms. The molecule has 2 heterocycles. The van der Waals surface area contributed by atoms with Gasteiger partial charge in [0.1, 0.15) is 0 Å². The van der Waals surface area contributed by atoms with Crippen LogP contribution in [-0.2, 0) is 0 Å². The van der Waals surface area contributed by atoms with E-state index in [1.54, 1.807) is 4.90 Å². The lowest BCUT2D eigenvalue weighted by Gasteiger charge is -2.11. The van der Waals surface area contributed by atoms with Crippen molar-refractivity contribution in [3.63, 3.8) is 0 Å². The Morgan fingerprint density at radius 1 is 1.56 bits per heavy atom. The SMILES string of the molecule is COc1nc([N+]#N)c(C(=O)N2CCCC2)[nH]1. The number of H-pyrrole nitrogens is 1. The van der Waals surface area contributed by atoms with Crippen molar-refractivity contribution in [2.75, 3.05) is 20.2 Å². The van der Waals surface area contributed by atoms with Crippen molar-refractivity contribution < 1.29 is 9.53 Å². The largest absolute Gasteiger partial charge is 0.499 e. The maximum atomic E-state index is 12.0. The Balaban J connectivity index is 2.28. The first-order chi connectivity index (χ1) is 7.76. The predicted molar refractivity (Wildman–Crippen MR) is 55.0 cm³/mol. The molecule has 0 unspecified atom stereocenters. The number of hydrogen-bond donors (Lipinski definition) is 1. The molecule has 1 aromatic rings. The average Bonchev–Trinajstić information content (AvgIpc) is 2.96. The second-order valence-electron chi connectivity index (χ2n) is 3.54. The van der Waals surface area contributed by atoms with Crippen molar-refractivity contribution in [2.45, 2.75) is 12.8 Å². The molecule has 0 saturated carbocycles. The van der Waals surface area contributed by atoms with Crippen LogP contribution in [-0.4, -0.2) is 41.0 Å². The Morgan fingerprint density at radius 3 is 2.81 bits per heavy atom. The minimum absolute atomic E-state index is 0.0336. The highest BCUT2D eigenvalue weighted by Crippen LogP contribution is 2.22. The lowest BCUT2D eigenvalue weighted by atomic mass is 10.4. The van der Waals surface area contributed by atoms with Gasteiger partial charge in [0.15, 0.2) is 0 Å².